The Balaban J connectivity index is 2.07. The van der Waals surface area contributed by atoms with Gasteiger partial charge in [0.1, 0.15) is 0 Å². The maximum absolute atomic E-state index is 11.3. The van der Waals surface area contributed by atoms with E-state index in [0.29, 0.717) is 0 Å². The second-order valence-corrected chi connectivity index (χ2v) is 5.13. The average molecular weight is 237 g/mol. The molecule has 0 radical (unpaired) electrons. The summed E-state index contributed by atoms with van der Waals surface area (Å²) in [5, 5.41) is 2.92. The second kappa shape index (κ2) is 7.34. The summed E-state index contributed by atoms with van der Waals surface area (Å²) in [5.74, 6) is 1.27. The van der Waals surface area contributed by atoms with Crippen LogP contribution in [0.3, 0.4) is 0 Å². The summed E-state index contributed by atoms with van der Waals surface area (Å²) in [5.41, 5.74) is 0. The van der Waals surface area contributed by atoms with Crippen molar-refractivity contribution in [1.82, 2.24) is 5.32 Å². The molecule has 0 heterocycles. The molecule has 1 aromatic rings. The lowest BCUT2D eigenvalue weighted by Crippen LogP contribution is -2.28. The van der Waals surface area contributed by atoms with Gasteiger partial charge in [0.25, 0.3) is 0 Å². The van der Waals surface area contributed by atoms with Gasteiger partial charge in [0.05, 0.1) is 0 Å². The van der Waals surface area contributed by atoms with Gasteiger partial charge in [-0.25, -0.2) is 0 Å². The van der Waals surface area contributed by atoms with Crippen molar-refractivity contribution in [1.29, 1.82) is 0 Å². The summed E-state index contributed by atoms with van der Waals surface area (Å²) >= 11 is 1.83. The first-order valence-corrected chi connectivity index (χ1v) is 6.64. The molecule has 2 nitrogen and oxygen atoms in total. The molecule has 0 bridgehead atoms. The van der Waals surface area contributed by atoms with Crippen LogP contribution in [0.15, 0.2) is 35.2 Å². The Hall–Kier alpha value is -0.960. The lowest BCUT2D eigenvalue weighted by molar-refractivity contribution is -0.123. The number of amides is 1. The topological polar surface area (TPSA) is 29.1 Å². The molecule has 16 heavy (non-hydrogen) atoms. The Morgan fingerprint density at radius 1 is 1.31 bits per heavy atom. The lowest BCUT2D eigenvalue weighted by Gasteiger charge is -2.07. The third-order valence-electron chi connectivity index (χ3n) is 2.16. The van der Waals surface area contributed by atoms with E-state index in [1.807, 2.05) is 43.8 Å². The number of nitrogens with one attached hydrogen (secondary N) is 1. The summed E-state index contributed by atoms with van der Waals surface area (Å²) in [6, 6.07) is 10.3. The van der Waals surface area contributed by atoms with Crippen LogP contribution in [0.2, 0.25) is 0 Å². The van der Waals surface area contributed by atoms with Gasteiger partial charge in [-0.2, -0.15) is 0 Å². The second-order valence-electron chi connectivity index (χ2n) is 3.96. The molecule has 1 rings (SSSR count). The standard InChI is InChI=1S/C13H19NOS/c1-11(2)13(15)14-9-6-10-16-12-7-4-3-5-8-12/h3-5,7-8,11H,6,9-10H2,1-2H3,(H,14,15). The molecule has 0 aromatic heterocycles. The van der Waals surface area contributed by atoms with E-state index >= 15 is 0 Å². The van der Waals surface area contributed by atoms with Crippen LogP contribution >= 0.6 is 11.8 Å². The number of hydrogen-bond donors (Lipinski definition) is 1. The van der Waals surface area contributed by atoms with Gasteiger partial charge in [-0.3, -0.25) is 4.79 Å². The Morgan fingerprint density at radius 3 is 2.62 bits per heavy atom. The smallest absolute Gasteiger partial charge is 0.222 e. The molecule has 0 aliphatic rings. The summed E-state index contributed by atoms with van der Waals surface area (Å²) in [7, 11) is 0. The van der Waals surface area contributed by atoms with Crippen LogP contribution in [0.25, 0.3) is 0 Å². The predicted molar refractivity (Wildman–Crippen MR) is 69.6 cm³/mol. The molecule has 0 unspecified atom stereocenters. The van der Waals surface area contributed by atoms with Gasteiger partial charge in [0.15, 0.2) is 0 Å². The zero-order valence-corrected chi connectivity index (χ0v) is 10.7. The first kappa shape index (κ1) is 13.1. The van der Waals surface area contributed by atoms with Crippen molar-refractivity contribution in [3.63, 3.8) is 0 Å². The first-order valence-electron chi connectivity index (χ1n) is 5.65. The molecular formula is C13H19NOS. The number of rotatable bonds is 6. The fraction of sp³-hybridized carbons (Fsp3) is 0.462. The van der Waals surface area contributed by atoms with Crippen molar-refractivity contribution in [3.8, 4) is 0 Å². The highest BCUT2D eigenvalue weighted by molar-refractivity contribution is 7.99. The molecule has 0 spiro atoms. The van der Waals surface area contributed by atoms with Crippen LogP contribution in [0, 0.1) is 5.92 Å². The van der Waals surface area contributed by atoms with Gasteiger partial charge in [-0.15, -0.1) is 11.8 Å². The fourth-order valence-corrected chi connectivity index (χ4v) is 2.07. The van der Waals surface area contributed by atoms with Crippen molar-refractivity contribution in [2.45, 2.75) is 25.2 Å². The zero-order valence-electron chi connectivity index (χ0n) is 9.90. The number of benzene rings is 1. The van der Waals surface area contributed by atoms with E-state index in [9.17, 15) is 4.79 Å². The predicted octanol–water partition coefficient (Wildman–Crippen LogP) is 2.94. The SMILES string of the molecule is CC(C)C(=O)NCCCSc1ccccc1. The highest BCUT2D eigenvalue weighted by Crippen LogP contribution is 2.17. The van der Waals surface area contributed by atoms with E-state index in [2.05, 4.69) is 17.4 Å². The van der Waals surface area contributed by atoms with E-state index in [1.165, 1.54) is 4.90 Å². The molecule has 3 heteroatoms. The Labute approximate surface area is 102 Å². The molecule has 0 fully saturated rings. The summed E-state index contributed by atoms with van der Waals surface area (Å²) in [6.07, 6.45) is 1.01. The van der Waals surface area contributed by atoms with Gasteiger partial charge < -0.3 is 5.32 Å². The van der Waals surface area contributed by atoms with Gasteiger partial charge in [-0.05, 0) is 24.3 Å². The fourth-order valence-electron chi connectivity index (χ4n) is 1.19. The molecule has 88 valence electrons. The molecule has 1 N–H and O–H groups in total. The average Bonchev–Trinajstić information content (AvgIpc) is 2.29. The molecule has 0 aliphatic carbocycles. The van der Waals surface area contributed by atoms with Crippen LogP contribution < -0.4 is 5.32 Å². The summed E-state index contributed by atoms with van der Waals surface area (Å²) < 4.78 is 0. The molecule has 0 aliphatic heterocycles. The van der Waals surface area contributed by atoms with Crippen LogP contribution in [0.1, 0.15) is 20.3 Å². The highest BCUT2D eigenvalue weighted by Gasteiger charge is 2.04. The van der Waals surface area contributed by atoms with Gasteiger partial charge >= 0.3 is 0 Å². The Bertz CT molecular complexity index is 311. The summed E-state index contributed by atoms with van der Waals surface area (Å²) in [4.78, 5) is 12.5. The first-order chi connectivity index (χ1) is 7.70. The monoisotopic (exact) mass is 237 g/mol. The quantitative estimate of drug-likeness (QED) is 0.609. The maximum atomic E-state index is 11.3. The van der Waals surface area contributed by atoms with Gasteiger partial charge in [-0.1, -0.05) is 32.0 Å². The van der Waals surface area contributed by atoms with Crippen molar-refractivity contribution >= 4 is 17.7 Å². The number of carbonyl (C=O) groups is 1. The summed E-state index contributed by atoms with van der Waals surface area (Å²) in [6.45, 7) is 4.60. The van der Waals surface area contributed by atoms with Crippen molar-refractivity contribution in [2.75, 3.05) is 12.3 Å². The third-order valence-corrected chi connectivity index (χ3v) is 3.25. The van der Waals surface area contributed by atoms with Crippen LogP contribution in [-0.4, -0.2) is 18.2 Å². The largest absolute Gasteiger partial charge is 0.356 e. The minimum absolute atomic E-state index is 0.0850. The molecule has 0 saturated heterocycles. The normalized spacial score (nSPS) is 10.4. The van der Waals surface area contributed by atoms with E-state index < -0.39 is 0 Å². The maximum Gasteiger partial charge on any atom is 0.222 e. The molecule has 1 amide bonds. The van der Waals surface area contributed by atoms with Crippen molar-refractivity contribution in [2.24, 2.45) is 5.92 Å². The van der Waals surface area contributed by atoms with E-state index in [-0.39, 0.29) is 11.8 Å². The molecule has 0 atom stereocenters. The van der Waals surface area contributed by atoms with Crippen LogP contribution in [0.5, 0.6) is 0 Å². The van der Waals surface area contributed by atoms with E-state index in [4.69, 9.17) is 0 Å². The Kier molecular flexibility index (Phi) is 6.01. The van der Waals surface area contributed by atoms with E-state index in [1.54, 1.807) is 0 Å². The molecular weight excluding hydrogens is 218 g/mol. The Morgan fingerprint density at radius 2 is 2.00 bits per heavy atom. The number of thioether (sulfide) groups is 1. The van der Waals surface area contributed by atoms with Gasteiger partial charge in [0.2, 0.25) is 5.91 Å². The van der Waals surface area contributed by atoms with Crippen LogP contribution in [0.4, 0.5) is 0 Å². The highest BCUT2D eigenvalue weighted by atomic mass is 32.2. The van der Waals surface area contributed by atoms with Crippen molar-refractivity contribution < 1.29 is 4.79 Å². The lowest BCUT2D eigenvalue weighted by atomic mass is 10.2. The third kappa shape index (κ3) is 5.21. The molecule has 0 saturated carbocycles. The van der Waals surface area contributed by atoms with E-state index in [0.717, 1.165) is 18.7 Å². The minimum Gasteiger partial charge on any atom is -0.356 e. The number of carbonyl (C=O) groups excluding carboxylic acids is 1. The van der Waals surface area contributed by atoms with Gasteiger partial charge in [0, 0.05) is 17.4 Å². The zero-order chi connectivity index (χ0) is 11.8. The minimum atomic E-state index is 0.0850. The number of hydrogen-bond acceptors (Lipinski definition) is 2. The van der Waals surface area contributed by atoms with Crippen molar-refractivity contribution in [3.05, 3.63) is 30.3 Å². The molecule has 1 aromatic carbocycles. The van der Waals surface area contributed by atoms with Crippen LogP contribution in [-0.2, 0) is 4.79 Å².